The van der Waals surface area contributed by atoms with Gasteiger partial charge in [-0.05, 0) is 18.3 Å². The topological polar surface area (TPSA) is 63.4 Å². The Bertz CT molecular complexity index is 382. The molecule has 19 heavy (non-hydrogen) atoms. The monoisotopic (exact) mass is 282 g/mol. The zero-order valence-electron chi connectivity index (χ0n) is 11.5. The minimum atomic E-state index is -0.108. The number of piperidine rings is 1. The predicted molar refractivity (Wildman–Crippen MR) is 77.4 cm³/mol. The number of imide groups is 1. The van der Waals surface area contributed by atoms with Gasteiger partial charge in [-0.1, -0.05) is 38.4 Å². The fraction of sp³-hybridized carbons (Fsp3) is 0.786. The SMILES string of the molecule is CC(CN1C(=O)CC2(CCCCC2)CC1=O)C(N)=S. The Morgan fingerprint density at radius 3 is 2.26 bits per heavy atom. The molecule has 1 aliphatic carbocycles. The summed E-state index contributed by atoms with van der Waals surface area (Å²) in [6.07, 6.45) is 6.58. The zero-order valence-corrected chi connectivity index (χ0v) is 12.3. The number of carbonyl (C=O) groups is 2. The highest BCUT2D eigenvalue weighted by atomic mass is 32.1. The van der Waals surface area contributed by atoms with E-state index < -0.39 is 0 Å². The van der Waals surface area contributed by atoms with Crippen LogP contribution in [0.4, 0.5) is 0 Å². The van der Waals surface area contributed by atoms with E-state index in [2.05, 4.69) is 0 Å². The van der Waals surface area contributed by atoms with Gasteiger partial charge in [0.2, 0.25) is 11.8 Å². The summed E-state index contributed by atoms with van der Waals surface area (Å²) in [6, 6.07) is 0. The van der Waals surface area contributed by atoms with Crippen molar-refractivity contribution in [2.24, 2.45) is 17.1 Å². The lowest BCUT2D eigenvalue weighted by Crippen LogP contribution is -2.50. The molecule has 0 aromatic carbocycles. The summed E-state index contributed by atoms with van der Waals surface area (Å²) in [5.41, 5.74) is 5.52. The van der Waals surface area contributed by atoms with Crippen molar-refractivity contribution in [2.45, 2.75) is 51.9 Å². The van der Waals surface area contributed by atoms with Gasteiger partial charge in [0.15, 0.2) is 0 Å². The molecule has 1 saturated carbocycles. The van der Waals surface area contributed by atoms with Crippen LogP contribution in [0.25, 0.3) is 0 Å². The largest absolute Gasteiger partial charge is 0.393 e. The fourth-order valence-electron chi connectivity index (χ4n) is 3.26. The predicted octanol–water partition coefficient (Wildman–Crippen LogP) is 2.01. The average Bonchev–Trinajstić information content (AvgIpc) is 2.34. The van der Waals surface area contributed by atoms with Crippen LogP contribution in [0.1, 0.15) is 51.9 Å². The van der Waals surface area contributed by atoms with Crippen molar-refractivity contribution in [1.82, 2.24) is 4.90 Å². The molecule has 2 aliphatic rings. The molecule has 2 N–H and O–H groups in total. The summed E-state index contributed by atoms with van der Waals surface area (Å²) >= 11 is 4.91. The lowest BCUT2D eigenvalue weighted by molar-refractivity contribution is -0.155. The van der Waals surface area contributed by atoms with Crippen molar-refractivity contribution in [3.63, 3.8) is 0 Å². The van der Waals surface area contributed by atoms with Crippen LogP contribution >= 0.6 is 12.2 Å². The van der Waals surface area contributed by atoms with E-state index in [0.717, 1.165) is 25.7 Å². The molecule has 2 amide bonds. The van der Waals surface area contributed by atoms with Crippen molar-refractivity contribution in [3.8, 4) is 0 Å². The third-order valence-electron chi connectivity index (χ3n) is 4.51. The number of likely N-dealkylation sites (tertiary alicyclic amines) is 1. The minimum Gasteiger partial charge on any atom is -0.393 e. The highest BCUT2D eigenvalue weighted by Crippen LogP contribution is 2.45. The first-order valence-electron chi connectivity index (χ1n) is 7.06. The van der Waals surface area contributed by atoms with Crippen LogP contribution in [0, 0.1) is 11.3 Å². The maximum atomic E-state index is 12.3. The zero-order chi connectivity index (χ0) is 14.0. The van der Waals surface area contributed by atoms with Gasteiger partial charge in [0.1, 0.15) is 0 Å². The Kier molecular flexibility index (Phi) is 4.23. The third kappa shape index (κ3) is 3.14. The van der Waals surface area contributed by atoms with E-state index in [1.165, 1.54) is 11.3 Å². The van der Waals surface area contributed by atoms with Gasteiger partial charge in [-0.3, -0.25) is 14.5 Å². The Hall–Kier alpha value is -0.970. The quantitative estimate of drug-likeness (QED) is 0.635. The Morgan fingerprint density at radius 2 is 1.79 bits per heavy atom. The number of thiocarbonyl (C=S) groups is 1. The van der Waals surface area contributed by atoms with Crippen LogP contribution in [-0.4, -0.2) is 28.2 Å². The molecule has 1 atom stereocenters. The average molecular weight is 282 g/mol. The van der Waals surface area contributed by atoms with E-state index in [0.29, 0.717) is 24.4 Å². The molecule has 1 heterocycles. The molecule has 2 fully saturated rings. The second-order valence-corrected chi connectivity index (χ2v) is 6.59. The Balaban J connectivity index is 2.04. The molecule has 0 radical (unpaired) electrons. The molecule has 5 heteroatoms. The van der Waals surface area contributed by atoms with Gasteiger partial charge >= 0.3 is 0 Å². The molecule has 0 aromatic heterocycles. The lowest BCUT2D eigenvalue weighted by atomic mass is 9.67. The normalized spacial score (nSPS) is 24.6. The van der Waals surface area contributed by atoms with E-state index in [4.69, 9.17) is 18.0 Å². The highest BCUT2D eigenvalue weighted by molar-refractivity contribution is 7.80. The molecular weight excluding hydrogens is 260 g/mol. The van der Waals surface area contributed by atoms with Crippen molar-refractivity contribution < 1.29 is 9.59 Å². The smallest absolute Gasteiger partial charge is 0.229 e. The van der Waals surface area contributed by atoms with Gasteiger partial charge in [-0.15, -0.1) is 0 Å². The van der Waals surface area contributed by atoms with Crippen molar-refractivity contribution in [1.29, 1.82) is 0 Å². The molecule has 1 saturated heterocycles. The van der Waals surface area contributed by atoms with Crippen molar-refractivity contribution >= 4 is 29.0 Å². The van der Waals surface area contributed by atoms with Gasteiger partial charge in [-0.2, -0.15) is 0 Å². The first-order chi connectivity index (χ1) is 8.93. The van der Waals surface area contributed by atoms with E-state index >= 15 is 0 Å². The van der Waals surface area contributed by atoms with Crippen LogP contribution in [-0.2, 0) is 9.59 Å². The highest BCUT2D eigenvalue weighted by Gasteiger charge is 2.44. The molecule has 1 unspecified atom stereocenters. The van der Waals surface area contributed by atoms with Crippen molar-refractivity contribution in [2.75, 3.05) is 6.54 Å². The van der Waals surface area contributed by atoms with Crippen LogP contribution in [0.3, 0.4) is 0 Å². The first kappa shape index (κ1) is 14.4. The third-order valence-corrected chi connectivity index (χ3v) is 4.91. The van der Waals surface area contributed by atoms with Crippen LogP contribution < -0.4 is 5.73 Å². The number of carbonyl (C=O) groups excluding carboxylic acids is 2. The lowest BCUT2D eigenvalue weighted by Gasteiger charge is -2.42. The molecular formula is C14H22N2O2S. The summed E-state index contributed by atoms with van der Waals surface area (Å²) in [5, 5.41) is 0. The second-order valence-electron chi connectivity index (χ2n) is 6.12. The summed E-state index contributed by atoms with van der Waals surface area (Å²) in [6.45, 7) is 2.19. The van der Waals surface area contributed by atoms with Gasteiger partial charge in [-0.25, -0.2) is 0 Å². The summed E-state index contributed by atoms with van der Waals surface area (Å²) in [4.78, 5) is 26.2. The molecule has 0 aromatic rings. The Morgan fingerprint density at radius 1 is 1.26 bits per heavy atom. The summed E-state index contributed by atoms with van der Waals surface area (Å²) in [5.74, 6) is -0.189. The van der Waals surface area contributed by atoms with Gasteiger partial charge < -0.3 is 5.73 Å². The molecule has 0 bridgehead atoms. The molecule has 1 aliphatic heterocycles. The van der Waals surface area contributed by atoms with Crippen LogP contribution in [0.15, 0.2) is 0 Å². The number of nitrogens with zero attached hydrogens (tertiary/aromatic N) is 1. The van der Waals surface area contributed by atoms with Gasteiger partial charge in [0.05, 0.1) is 4.99 Å². The first-order valence-corrected chi connectivity index (χ1v) is 7.47. The van der Waals surface area contributed by atoms with Gasteiger partial charge in [0.25, 0.3) is 0 Å². The van der Waals surface area contributed by atoms with Gasteiger partial charge in [0, 0.05) is 25.3 Å². The van der Waals surface area contributed by atoms with Crippen LogP contribution in [0.2, 0.25) is 0 Å². The second kappa shape index (κ2) is 5.57. The number of hydrogen-bond donors (Lipinski definition) is 1. The summed E-state index contributed by atoms with van der Waals surface area (Å²) < 4.78 is 0. The minimum absolute atomic E-state index is 0.0405. The van der Waals surface area contributed by atoms with Crippen molar-refractivity contribution in [3.05, 3.63) is 0 Å². The maximum absolute atomic E-state index is 12.3. The number of rotatable bonds is 3. The van der Waals surface area contributed by atoms with E-state index in [-0.39, 0.29) is 23.1 Å². The Labute approximate surface area is 119 Å². The van der Waals surface area contributed by atoms with E-state index in [1.807, 2.05) is 6.92 Å². The standard InChI is InChI=1S/C14H22N2O2S/c1-10(13(15)19)9-16-11(17)7-14(8-12(16)18)5-3-2-4-6-14/h10H,2-9H2,1H3,(H2,15,19). The van der Waals surface area contributed by atoms with Crippen LogP contribution in [0.5, 0.6) is 0 Å². The number of nitrogens with two attached hydrogens (primary N) is 1. The fourth-order valence-corrected chi connectivity index (χ4v) is 3.33. The molecule has 2 rings (SSSR count). The molecule has 1 spiro atoms. The van der Waals surface area contributed by atoms with E-state index in [1.54, 1.807) is 0 Å². The molecule has 106 valence electrons. The molecule has 4 nitrogen and oxygen atoms in total. The summed E-state index contributed by atoms with van der Waals surface area (Å²) in [7, 11) is 0. The number of hydrogen-bond acceptors (Lipinski definition) is 3. The number of amides is 2. The maximum Gasteiger partial charge on any atom is 0.229 e. The van der Waals surface area contributed by atoms with E-state index in [9.17, 15) is 9.59 Å².